The summed E-state index contributed by atoms with van der Waals surface area (Å²) in [6.07, 6.45) is 0. The predicted molar refractivity (Wildman–Crippen MR) is 70.2 cm³/mol. The van der Waals surface area contributed by atoms with Crippen molar-refractivity contribution in [3.8, 4) is 0 Å². The van der Waals surface area contributed by atoms with Crippen LogP contribution in [0, 0.1) is 0 Å². The summed E-state index contributed by atoms with van der Waals surface area (Å²) in [4.78, 5) is 0.281. The van der Waals surface area contributed by atoms with Crippen molar-refractivity contribution < 1.29 is 8.42 Å². The first kappa shape index (κ1) is 14.0. The molecule has 0 aliphatic heterocycles. The van der Waals surface area contributed by atoms with Crippen LogP contribution in [0.5, 0.6) is 0 Å². The smallest absolute Gasteiger partial charge is 0.243 e. The van der Waals surface area contributed by atoms with Crippen molar-refractivity contribution in [3.63, 3.8) is 0 Å². The topological polar surface area (TPSA) is 63.4 Å². The molecule has 0 aliphatic carbocycles. The minimum Gasteiger partial charge on any atom is -0.399 e. The minimum absolute atomic E-state index is 0.281. The van der Waals surface area contributed by atoms with E-state index in [1.165, 1.54) is 4.31 Å². The van der Waals surface area contributed by atoms with Gasteiger partial charge in [-0.1, -0.05) is 6.92 Å². The Balaban J connectivity index is 3.23. The molecule has 0 bridgehead atoms. The number of anilines is 1. The Kier molecular flexibility index (Phi) is 3.84. The highest BCUT2D eigenvalue weighted by molar-refractivity contribution is 7.89. The van der Waals surface area contributed by atoms with Gasteiger partial charge in [-0.05, 0) is 45.0 Å². The number of nitrogens with two attached hydrogens (primary N) is 1. The van der Waals surface area contributed by atoms with Gasteiger partial charge < -0.3 is 5.73 Å². The van der Waals surface area contributed by atoms with Gasteiger partial charge in [-0.15, -0.1) is 0 Å². The lowest BCUT2D eigenvalue weighted by Crippen LogP contribution is -2.45. The van der Waals surface area contributed by atoms with Crippen molar-refractivity contribution in [2.45, 2.75) is 38.1 Å². The summed E-state index contributed by atoms with van der Waals surface area (Å²) in [5.74, 6) is 0. The second-order valence-corrected chi connectivity index (χ2v) is 6.77. The molecule has 17 heavy (non-hydrogen) atoms. The second-order valence-electron chi connectivity index (χ2n) is 4.91. The Labute approximate surface area is 103 Å². The highest BCUT2D eigenvalue weighted by atomic mass is 32.2. The van der Waals surface area contributed by atoms with E-state index in [9.17, 15) is 8.42 Å². The highest BCUT2D eigenvalue weighted by Gasteiger charge is 2.32. The maximum absolute atomic E-state index is 12.4. The van der Waals surface area contributed by atoms with Crippen LogP contribution in [0.4, 0.5) is 5.69 Å². The molecule has 1 aromatic carbocycles. The molecule has 0 heterocycles. The molecule has 4 nitrogen and oxygen atoms in total. The summed E-state index contributed by atoms with van der Waals surface area (Å²) < 4.78 is 26.3. The number of sulfonamides is 1. The van der Waals surface area contributed by atoms with Gasteiger partial charge >= 0.3 is 0 Å². The summed E-state index contributed by atoms with van der Waals surface area (Å²) in [6, 6.07) is 6.28. The Hall–Kier alpha value is -1.07. The van der Waals surface area contributed by atoms with E-state index in [-0.39, 0.29) is 4.90 Å². The normalized spacial score (nSPS) is 13.0. The third-order valence-electron chi connectivity index (χ3n) is 2.50. The van der Waals surface area contributed by atoms with Crippen molar-refractivity contribution in [2.24, 2.45) is 0 Å². The second kappa shape index (κ2) is 4.66. The van der Waals surface area contributed by atoms with Crippen LogP contribution in [-0.2, 0) is 10.0 Å². The molecule has 1 rings (SSSR count). The van der Waals surface area contributed by atoms with Crippen LogP contribution in [0.2, 0.25) is 0 Å². The molecule has 0 fully saturated rings. The zero-order chi connectivity index (χ0) is 13.3. The Morgan fingerprint density at radius 2 is 1.65 bits per heavy atom. The Bertz CT molecular complexity index is 472. The molecule has 5 heteroatoms. The van der Waals surface area contributed by atoms with Gasteiger partial charge in [0.1, 0.15) is 0 Å². The molecule has 0 saturated carbocycles. The van der Waals surface area contributed by atoms with E-state index in [0.29, 0.717) is 12.2 Å². The van der Waals surface area contributed by atoms with Crippen molar-refractivity contribution in [2.75, 3.05) is 12.3 Å². The van der Waals surface area contributed by atoms with Crippen molar-refractivity contribution in [1.82, 2.24) is 4.31 Å². The Morgan fingerprint density at radius 3 is 2.00 bits per heavy atom. The van der Waals surface area contributed by atoms with Crippen molar-refractivity contribution in [1.29, 1.82) is 0 Å². The number of nitrogen functional groups attached to an aromatic ring is 1. The quantitative estimate of drug-likeness (QED) is 0.842. The fraction of sp³-hybridized carbons (Fsp3) is 0.500. The molecule has 0 radical (unpaired) electrons. The summed E-state index contributed by atoms with van der Waals surface area (Å²) >= 11 is 0. The Morgan fingerprint density at radius 1 is 1.18 bits per heavy atom. The number of rotatable bonds is 3. The lowest BCUT2D eigenvalue weighted by molar-refractivity contribution is 0.260. The molecule has 2 N–H and O–H groups in total. The maximum atomic E-state index is 12.4. The minimum atomic E-state index is -3.45. The fourth-order valence-corrected chi connectivity index (χ4v) is 3.57. The SMILES string of the molecule is CCN(C(C)(C)C)S(=O)(=O)c1ccc(N)cc1. The molecule has 0 aromatic heterocycles. The van der Waals surface area contributed by atoms with Crippen LogP contribution in [0.1, 0.15) is 27.7 Å². The lowest BCUT2D eigenvalue weighted by Gasteiger charge is -2.33. The van der Waals surface area contributed by atoms with E-state index in [4.69, 9.17) is 5.73 Å². The van der Waals surface area contributed by atoms with Crippen molar-refractivity contribution >= 4 is 15.7 Å². The average molecular weight is 256 g/mol. The molecule has 0 amide bonds. The highest BCUT2D eigenvalue weighted by Crippen LogP contribution is 2.24. The summed E-state index contributed by atoms with van der Waals surface area (Å²) in [6.45, 7) is 7.92. The van der Waals surface area contributed by atoms with E-state index in [0.717, 1.165) is 0 Å². The molecule has 1 aromatic rings. The van der Waals surface area contributed by atoms with Gasteiger partial charge in [0.2, 0.25) is 10.0 Å². The first-order chi connectivity index (χ1) is 7.69. The number of hydrogen-bond donors (Lipinski definition) is 1. The van der Waals surface area contributed by atoms with Crippen LogP contribution in [0.15, 0.2) is 29.2 Å². The van der Waals surface area contributed by atoms with E-state index >= 15 is 0 Å². The molecular formula is C12H20N2O2S. The van der Waals surface area contributed by atoms with Crippen LogP contribution in [0.3, 0.4) is 0 Å². The van der Waals surface area contributed by atoms with E-state index < -0.39 is 15.6 Å². The monoisotopic (exact) mass is 256 g/mol. The van der Waals surface area contributed by atoms with Crippen LogP contribution < -0.4 is 5.73 Å². The number of benzene rings is 1. The fourth-order valence-electron chi connectivity index (χ4n) is 1.77. The summed E-state index contributed by atoms with van der Waals surface area (Å²) in [7, 11) is -3.45. The van der Waals surface area contributed by atoms with E-state index in [1.54, 1.807) is 24.3 Å². The largest absolute Gasteiger partial charge is 0.399 e. The van der Waals surface area contributed by atoms with Gasteiger partial charge in [0.05, 0.1) is 4.90 Å². The zero-order valence-electron chi connectivity index (χ0n) is 10.8. The predicted octanol–water partition coefficient (Wildman–Crippen LogP) is 2.08. The third kappa shape index (κ3) is 2.98. The molecular weight excluding hydrogens is 236 g/mol. The van der Waals surface area contributed by atoms with Crippen LogP contribution in [0.25, 0.3) is 0 Å². The maximum Gasteiger partial charge on any atom is 0.243 e. The average Bonchev–Trinajstić information content (AvgIpc) is 2.16. The molecule has 0 unspecified atom stereocenters. The van der Waals surface area contributed by atoms with E-state index in [2.05, 4.69) is 0 Å². The number of nitrogens with zero attached hydrogens (tertiary/aromatic N) is 1. The summed E-state index contributed by atoms with van der Waals surface area (Å²) in [5.41, 5.74) is 5.68. The standard InChI is InChI=1S/C12H20N2O2S/c1-5-14(12(2,3)4)17(15,16)11-8-6-10(13)7-9-11/h6-9H,5,13H2,1-4H3. The summed E-state index contributed by atoms with van der Waals surface area (Å²) in [5, 5.41) is 0. The van der Waals surface area contributed by atoms with Crippen LogP contribution >= 0.6 is 0 Å². The zero-order valence-corrected chi connectivity index (χ0v) is 11.6. The first-order valence-corrected chi connectivity index (χ1v) is 7.02. The lowest BCUT2D eigenvalue weighted by atomic mass is 10.1. The van der Waals surface area contributed by atoms with Gasteiger partial charge in [-0.2, -0.15) is 4.31 Å². The first-order valence-electron chi connectivity index (χ1n) is 5.58. The molecule has 0 spiro atoms. The van der Waals surface area contributed by atoms with Crippen molar-refractivity contribution in [3.05, 3.63) is 24.3 Å². The molecule has 0 saturated heterocycles. The third-order valence-corrected chi connectivity index (χ3v) is 4.76. The molecule has 96 valence electrons. The molecule has 0 atom stereocenters. The van der Waals surface area contributed by atoms with Gasteiger partial charge in [0.25, 0.3) is 0 Å². The van der Waals surface area contributed by atoms with Gasteiger partial charge in [-0.3, -0.25) is 0 Å². The van der Waals surface area contributed by atoms with Gasteiger partial charge in [-0.25, -0.2) is 8.42 Å². The molecule has 0 aliphatic rings. The van der Waals surface area contributed by atoms with Crippen LogP contribution in [-0.4, -0.2) is 24.8 Å². The van der Waals surface area contributed by atoms with Gasteiger partial charge in [0.15, 0.2) is 0 Å². The number of hydrogen-bond acceptors (Lipinski definition) is 3. The van der Waals surface area contributed by atoms with Gasteiger partial charge in [0, 0.05) is 17.8 Å². The van der Waals surface area contributed by atoms with E-state index in [1.807, 2.05) is 27.7 Å².